The van der Waals surface area contributed by atoms with Crippen LogP contribution in [-0.2, 0) is 14.3 Å². The summed E-state index contributed by atoms with van der Waals surface area (Å²) in [5.41, 5.74) is 1.32. The Labute approximate surface area is 190 Å². The second kappa shape index (κ2) is 8.57. The Bertz CT molecular complexity index is 877. The van der Waals surface area contributed by atoms with E-state index >= 15 is 0 Å². The summed E-state index contributed by atoms with van der Waals surface area (Å²) < 4.78 is 5.27. The maximum absolute atomic E-state index is 12.7. The van der Waals surface area contributed by atoms with E-state index in [2.05, 4.69) is 0 Å². The third kappa shape index (κ3) is 3.75. The Morgan fingerprint density at radius 2 is 1.97 bits per heavy atom. The van der Waals surface area contributed by atoms with E-state index in [0.29, 0.717) is 49.4 Å². The molecule has 0 aromatic heterocycles. The number of β-lactam (4-membered cyclic amide) rings is 1. The van der Waals surface area contributed by atoms with E-state index in [0.717, 1.165) is 0 Å². The van der Waals surface area contributed by atoms with Crippen molar-refractivity contribution in [2.75, 3.05) is 26.3 Å². The number of aliphatic carboxylic acids is 1. The van der Waals surface area contributed by atoms with Crippen molar-refractivity contribution in [3.05, 3.63) is 41.1 Å². The summed E-state index contributed by atoms with van der Waals surface area (Å²) in [5, 5.41) is 21.6. The van der Waals surface area contributed by atoms with Gasteiger partial charge in [-0.2, -0.15) is 0 Å². The Hall–Kier alpha value is -1.71. The Morgan fingerprint density at radius 3 is 2.59 bits per heavy atom. The first-order valence-corrected chi connectivity index (χ1v) is 9.33. The van der Waals surface area contributed by atoms with Gasteiger partial charge < -0.3 is 29.5 Å². The minimum atomic E-state index is -1.43. The molecule has 3 aliphatic heterocycles. The van der Waals surface area contributed by atoms with Gasteiger partial charge in [-0.25, -0.2) is 0 Å². The zero-order valence-corrected chi connectivity index (χ0v) is 18.5. The van der Waals surface area contributed by atoms with Crippen molar-refractivity contribution in [2.24, 2.45) is 5.92 Å². The van der Waals surface area contributed by atoms with Crippen molar-refractivity contribution in [1.82, 2.24) is 9.80 Å². The molecule has 148 valence electrons. The fourth-order valence-electron chi connectivity index (χ4n) is 4.31. The number of carboxylic acids is 1. The average molecular weight is 408 g/mol. The molecule has 1 N–H and O–H groups in total. The molecule has 3 atom stereocenters. The van der Waals surface area contributed by atoms with Crippen molar-refractivity contribution < 1.29 is 58.9 Å². The third-order valence-corrected chi connectivity index (χ3v) is 5.68. The van der Waals surface area contributed by atoms with Crippen molar-refractivity contribution in [2.45, 2.75) is 25.5 Å². The van der Waals surface area contributed by atoms with Crippen molar-refractivity contribution in [1.29, 1.82) is 0 Å². The van der Waals surface area contributed by atoms with Gasteiger partial charge in [0.1, 0.15) is 0 Å². The average Bonchev–Trinajstić information content (AvgIpc) is 3.03. The van der Waals surface area contributed by atoms with Gasteiger partial charge in [-0.05, 0) is 36.6 Å². The number of nitrogens with zero attached hydrogens (tertiary/aromatic N) is 2. The molecule has 2 fully saturated rings. The number of carboxylic acid groups (broad SMARTS) is 1. The topological polar surface area (TPSA) is 110 Å². The molecule has 8 nitrogen and oxygen atoms in total. The zero-order chi connectivity index (χ0) is 20.0. The molecule has 3 aliphatic rings. The molecule has 2 saturated heterocycles. The van der Waals surface area contributed by atoms with Gasteiger partial charge in [-0.1, -0.05) is 12.1 Å². The quantitative estimate of drug-likeness (QED) is 0.405. The van der Waals surface area contributed by atoms with Crippen molar-refractivity contribution >= 4 is 23.4 Å². The molecule has 0 saturated carbocycles. The predicted molar refractivity (Wildman–Crippen MR) is 95.5 cm³/mol. The third-order valence-electron chi connectivity index (χ3n) is 5.68. The summed E-state index contributed by atoms with van der Waals surface area (Å²) in [7, 11) is 0. The molecule has 1 aromatic rings. The van der Waals surface area contributed by atoms with Gasteiger partial charge in [-0.3, -0.25) is 9.59 Å². The Kier molecular flexibility index (Phi) is 6.50. The van der Waals surface area contributed by atoms with E-state index < -0.39 is 29.9 Å². The largest absolute Gasteiger partial charge is 1.00 e. The van der Waals surface area contributed by atoms with Crippen LogP contribution in [0.2, 0.25) is 0 Å². The molecular weight excluding hydrogens is 387 g/mol. The van der Waals surface area contributed by atoms with Gasteiger partial charge >= 0.3 is 29.6 Å². The SMILES string of the molecule is C[C@@H](O)[C@H]1C(=O)N2C(C(=O)[O-])=C(c3cccc(C(=O)N4CCOCC4)c3)C[C@H]12.[Na+]. The smallest absolute Gasteiger partial charge is 0.543 e. The van der Waals surface area contributed by atoms with Crippen LogP contribution >= 0.6 is 0 Å². The number of morpholine rings is 1. The summed E-state index contributed by atoms with van der Waals surface area (Å²) in [6.45, 7) is 3.53. The van der Waals surface area contributed by atoms with Crippen LogP contribution < -0.4 is 34.7 Å². The van der Waals surface area contributed by atoms with Gasteiger partial charge in [-0.15, -0.1) is 0 Å². The Morgan fingerprint density at radius 1 is 1.28 bits per heavy atom. The summed E-state index contributed by atoms with van der Waals surface area (Å²) in [5.74, 6) is -2.60. The molecule has 0 radical (unpaired) electrons. The number of aliphatic hydroxyl groups excluding tert-OH is 1. The van der Waals surface area contributed by atoms with E-state index in [1.807, 2.05) is 0 Å². The van der Waals surface area contributed by atoms with Crippen molar-refractivity contribution in [3.8, 4) is 0 Å². The zero-order valence-electron chi connectivity index (χ0n) is 16.5. The van der Waals surface area contributed by atoms with Crippen LogP contribution in [0.25, 0.3) is 5.57 Å². The van der Waals surface area contributed by atoms with Crippen LogP contribution in [0.1, 0.15) is 29.3 Å². The number of carbonyl (C=O) groups is 3. The first-order chi connectivity index (χ1) is 13.4. The molecule has 0 aliphatic carbocycles. The number of amides is 2. The molecule has 1 aromatic carbocycles. The number of fused-ring (bicyclic) bond motifs is 1. The van der Waals surface area contributed by atoms with E-state index in [-0.39, 0.29) is 41.2 Å². The second-order valence-corrected chi connectivity index (χ2v) is 7.35. The van der Waals surface area contributed by atoms with Gasteiger partial charge in [0.05, 0.1) is 42.9 Å². The van der Waals surface area contributed by atoms with Crippen LogP contribution in [0.3, 0.4) is 0 Å². The fraction of sp³-hybridized carbons (Fsp3) is 0.450. The predicted octanol–water partition coefficient (Wildman–Crippen LogP) is -3.76. The first kappa shape index (κ1) is 22.0. The van der Waals surface area contributed by atoms with Gasteiger partial charge in [0.25, 0.3) is 5.91 Å². The monoisotopic (exact) mass is 408 g/mol. The molecule has 9 heteroatoms. The normalized spacial score (nSPS) is 24.6. The van der Waals surface area contributed by atoms with Gasteiger partial charge in [0, 0.05) is 18.7 Å². The second-order valence-electron chi connectivity index (χ2n) is 7.35. The number of hydrogen-bond donors (Lipinski definition) is 1. The fourth-order valence-corrected chi connectivity index (χ4v) is 4.31. The molecule has 4 rings (SSSR count). The first-order valence-electron chi connectivity index (χ1n) is 9.33. The minimum absolute atomic E-state index is 0. The van der Waals surface area contributed by atoms with E-state index in [1.165, 1.54) is 11.8 Å². The van der Waals surface area contributed by atoms with Crippen LogP contribution in [0, 0.1) is 5.92 Å². The minimum Gasteiger partial charge on any atom is -0.543 e. The summed E-state index contributed by atoms with van der Waals surface area (Å²) in [6.07, 6.45) is -0.551. The number of hydrogen-bond acceptors (Lipinski definition) is 6. The summed E-state index contributed by atoms with van der Waals surface area (Å²) in [4.78, 5) is 39.7. The van der Waals surface area contributed by atoms with Gasteiger partial charge in [0.15, 0.2) is 0 Å². The van der Waals surface area contributed by atoms with Crippen LogP contribution in [-0.4, -0.2) is 71.1 Å². The molecule has 0 bridgehead atoms. The number of rotatable bonds is 4. The molecular formula is C20H21N2NaO6. The van der Waals surface area contributed by atoms with Gasteiger partial charge in [0.2, 0.25) is 5.91 Å². The van der Waals surface area contributed by atoms with E-state index in [4.69, 9.17) is 4.74 Å². The molecule has 0 spiro atoms. The maximum Gasteiger partial charge on any atom is 1.00 e. The molecule has 3 heterocycles. The van der Waals surface area contributed by atoms with E-state index in [9.17, 15) is 24.6 Å². The number of benzene rings is 1. The maximum atomic E-state index is 12.7. The standard InChI is InChI=1S/C20H22N2O6.Na/c1-11(23)16-15-10-14(17(20(26)27)22(15)19(16)25)12-3-2-4-13(9-12)18(24)21-5-7-28-8-6-21;/h2-4,9,11,15-16,23H,5-8,10H2,1H3,(H,26,27);/q;+1/p-1/t11-,15-,16-;/m1./s1. The number of ether oxygens (including phenoxy) is 1. The van der Waals surface area contributed by atoms with Crippen molar-refractivity contribution in [3.63, 3.8) is 0 Å². The van der Waals surface area contributed by atoms with Crippen LogP contribution in [0.5, 0.6) is 0 Å². The van der Waals surface area contributed by atoms with Crippen LogP contribution in [0.4, 0.5) is 0 Å². The number of aliphatic hydroxyl groups is 1. The van der Waals surface area contributed by atoms with E-state index in [1.54, 1.807) is 29.2 Å². The molecule has 29 heavy (non-hydrogen) atoms. The summed E-state index contributed by atoms with van der Waals surface area (Å²) in [6, 6.07) is 6.38. The molecule has 2 amide bonds. The Balaban J connectivity index is 0.00000240. The molecule has 0 unspecified atom stereocenters. The summed E-state index contributed by atoms with van der Waals surface area (Å²) >= 11 is 0. The number of carbonyl (C=O) groups excluding carboxylic acids is 3. The van der Waals surface area contributed by atoms with Crippen LogP contribution in [0.15, 0.2) is 30.0 Å².